The molecule has 8 heteroatoms. The molecule has 4 nitrogen and oxygen atoms in total. The Kier molecular flexibility index (Phi) is 6.64. The maximum absolute atomic E-state index is 10.1. The van der Waals surface area contributed by atoms with Crippen LogP contribution in [0, 0.1) is 0 Å². The smallest absolute Gasteiger partial charge is 0.398 e. The van der Waals surface area contributed by atoms with Gasteiger partial charge >= 0.3 is 9.05 Å². The molecule has 0 saturated heterocycles. The Morgan fingerprint density at radius 3 is 1.07 bits per heavy atom. The van der Waals surface area contributed by atoms with Gasteiger partial charge in [0.1, 0.15) is 0 Å². The molecule has 0 aromatic rings. The van der Waals surface area contributed by atoms with Gasteiger partial charge in [-0.1, -0.05) is 0 Å². The van der Waals surface area contributed by atoms with Crippen LogP contribution in [0.2, 0.25) is 39.3 Å². The van der Waals surface area contributed by atoms with Crippen molar-refractivity contribution in [2.75, 3.05) is 0 Å². The molecule has 14 heavy (non-hydrogen) atoms. The quantitative estimate of drug-likeness (QED) is 0.711. The van der Waals surface area contributed by atoms with Gasteiger partial charge < -0.3 is 17.1 Å². The van der Waals surface area contributed by atoms with Crippen LogP contribution in [0.5, 0.6) is 0 Å². The summed E-state index contributed by atoms with van der Waals surface area (Å²) >= 11 is 0. The fourth-order valence-corrected chi connectivity index (χ4v) is 10.3. The van der Waals surface area contributed by atoms with E-state index in [2.05, 4.69) is 0 Å². The Bertz CT molecular complexity index is 137. The van der Waals surface area contributed by atoms with E-state index in [4.69, 9.17) is 12.3 Å². The van der Waals surface area contributed by atoms with Crippen LogP contribution >= 0.6 is 0 Å². The van der Waals surface area contributed by atoms with Gasteiger partial charge in [-0.05, 0) is 39.3 Å². The standard InChI is InChI=1S/C6H22O4Si4/c1-11(2)8-14(7,9-12(3)4)10-13(5)6/h7,11-13H,1-6H3. The zero-order valence-corrected chi connectivity index (χ0v) is 14.4. The van der Waals surface area contributed by atoms with Crippen LogP contribution in [0.4, 0.5) is 0 Å². The lowest BCUT2D eigenvalue weighted by Crippen LogP contribution is -2.53. The van der Waals surface area contributed by atoms with Crippen LogP contribution in [0.15, 0.2) is 0 Å². The fourth-order valence-electron chi connectivity index (χ4n) is 0.977. The van der Waals surface area contributed by atoms with Crippen LogP contribution in [0.3, 0.4) is 0 Å². The Hall–Kier alpha value is 0.708. The molecule has 0 radical (unpaired) electrons. The lowest BCUT2D eigenvalue weighted by Gasteiger charge is -2.28. The summed E-state index contributed by atoms with van der Waals surface area (Å²) in [5.74, 6) is 0. The first kappa shape index (κ1) is 14.7. The van der Waals surface area contributed by atoms with Gasteiger partial charge in [-0.15, -0.1) is 0 Å². The summed E-state index contributed by atoms with van der Waals surface area (Å²) in [4.78, 5) is 10.1. The van der Waals surface area contributed by atoms with Gasteiger partial charge in [0, 0.05) is 0 Å². The van der Waals surface area contributed by atoms with E-state index >= 15 is 0 Å². The monoisotopic (exact) mass is 270 g/mol. The first-order valence-electron chi connectivity index (χ1n) is 5.01. The molecule has 1 N–H and O–H groups in total. The molecule has 0 aromatic heterocycles. The molecular formula is C6H22O4Si4. The van der Waals surface area contributed by atoms with Crippen molar-refractivity contribution in [3.8, 4) is 0 Å². The van der Waals surface area contributed by atoms with E-state index in [0.717, 1.165) is 0 Å². The van der Waals surface area contributed by atoms with Crippen LogP contribution in [-0.4, -0.2) is 41.0 Å². The van der Waals surface area contributed by atoms with E-state index in [0.29, 0.717) is 0 Å². The summed E-state index contributed by atoms with van der Waals surface area (Å²) in [6.07, 6.45) is 0. The van der Waals surface area contributed by atoms with Crippen LogP contribution in [0.1, 0.15) is 0 Å². The van der Waals surface area contributed by atoms with E-state index in [1.54, 1.807) is 0 Å². The summed E-state index contributed by atoms with van der Waals surface area (Å²) in [5.41, 5.74) is 0. The predicted molar refractivity (Wildman–Crippen MR) is 67.9 cm³/mol. The molecule has 0 rings (SSSR count). The van der Waals surface area contributed by atoms with E-state index in [9.17, 15) is 4.80 Å². The Morgan fingerprint density at radius 2 is 0.929 bits per heavy atom. The molecule has 0 atom stereocenters. The van der Waals surface area contributed by atoms with Gasteiger partial charge in [-0.25, -0.2) is 0 Å². The van der Waals surface area contributed by atoms with Gasteiger partial charge in [-0.3, -0.25) is 0 Å². The second-order valence-corrected chi connectivity index (χ2v) is 14.2. The first-order chi connectivity index (χ1) is 6.25. The zero-order chi connectivity index (χ0) is 11.4. The fraction of sp³-hybridized carbons (Fsp3) is 1.00. The Labute approximate surface area is 92.9 Å². The normalized spacial score (nSPS) is 13.3. The van der Waals surface area contributed by atoms with E-state index in [-0.39, 0.29) is 0 Å². The Balaban J connectivity index is 4.32. The molecule has 0 aromatic carbocycles. The van der Waals surface area contributed by atoms with E-state index in [1.807, 2.05) is 39.3 Å². The van der Waals surface area contributed by atoms with Crippen molar-refractivity contribution in [2.24, 2.45) is 0 Å². The third-order valence-electron chi connectivity index (χ3n) is 1.15. The summed E-state index contributed by atoms with van der Waals surface area (Å²) < 4.78 is 16.6. The molecular weight excluding hydrogens is 248 g/mol. The van der Waals surface area contributed by atoms with Crippen molar-refractivity contribution in [2.45, 2.75) is 39.3 Å². The number of hydrogen-bond donors (Lipinski definition) is 1. The minimum absolute atomic E-state index is 1.31. The summed E-state index contributed by atoms with van der Waals surface area (Å²) in [5, 5.41) is 0. The highest BCUT2D eigenvalue weighted by Crippen LogP contribution is 2.10. The maximum Gasteiger partial charge on any atom is 0.644 e. The zero-order valence-electron chi connectivity index (χ0n) is 9.90. The average Bonchev–Trinajstić information content (AvgIpc) is 1.76. The maximum atomic E-state index is 10.1. The van der Waals surface area contributed by atoms with Crippen LogP contribution in [0.25, 0.3) is 0 Å². The largest absolute Gasteiger partial charge is 0.644 e. The lowest BCUT2D eigenvalue weighted by molar-refractivity contribution is 0.152. The molecule has 0 aliphatic heterocycles. The number of hydrogen-bond acceptors (Lipinski definition) is 4. The Morgan fingerprint density at radius 1 is 0.714 bits per heavy atom. The van der Waals surface area contributed by atoms with Crippen LogP contribution in [-0.2, 0) is 12.3 Å². The molecule has 0 aliphatic rings. The second-order valence-electron chi connectivity index (χ2n) is 4.02. The lowest BCUT2D eigenvalue weighted by atomic mass is 11.9. The van der Waals surface area contributed by atoms with Gasteiger partial charge in [0.25, 0.3) is 0 Å². The molecule has 0 bridgehead atoms. The third-order valence-corrected chi connectivity index (χ3v) is 10.4. The highest BCUT2D eigenvalue weighted by atomic mass is 28.5. The van der Waals surface area contributed by atoms with Gasteiger partial charge in [0.15, 0.2) is 27.1 Å². The minimum atomic E-state index is -3.25. The van der Waals surface area contributed by atoms with Crippen molar-refractivity contribution in [3.05, 3.63) is 0 Å². The summed E-state index contributed by atoms with van der Waals surface area (Å²) in [6.45, 7) is 12.1. The summed E-state index contributed by atoms with van der Waals surface area (Å²) in [7, 11) is -7.17. The summed E-state index contributed by atoms with van der Waals surface area (Å²) in [6, 6.07) is 0. The first-order valence-corrected chi connectivity index (χ1v) is 15.0. The third kappa shape index (κ3) is 7.06. The van der Waals surface area contributed by atoms with Gasteiger partial charge in [0.05, 0.1) is 0 Å². The van der Waals surface area contributed by atoms with Gasteiger partial charge in [-0.2, -0.15) is 0 Å². The van der Waals surface area contributed by atoms with Crippen molar-refractivity contribution in [1.82, 2.24) is 0 Å². The predicted octanol–water partition coefficient (Wildman–Crippen LogP) is 0.414. The van der Waals surface area contributed by atoms with Crippen molar-refractivity contribution in [3.63, 3.8) is 0 Å². The highest BCUT2D eigenvalue weighted by molar-refractivity contribution is 6.75. The van der Waals surface area contributed by atoms with Crippen molar-refractivity contribution < 1.29 is 17.1 Å². The average molecular weight is 271 g/mol. The molecule has 0 amide bonds. The SMILES string of the molecule is C[SiH](C)O[Si](O)(O[SiH](C)C)O[SiH](C)C. The molecule has 0 heterocycles. The van der Waals surface area contributed by atoms with Crippen molar-refractivity contribution >= 4 is 36.2 Å². The second kappa shape index (κ2) is 6.32. The molecule has 0 aliphatic carbocycles. The molecule has 0 fully saturated rings. The molecule has 0 saturated carbocycles. The van der Waals surface area contributed by atoms with Crippen molar-refractivity contribution in [1.29, 1.82) is 0 Å². The highest BCUT2D eigenvalue weighted by Gasteiger charge is 2.42. The van der Waals surface area contributed by atoms with E-state index < -0.39 is 36.2 Å². The molecule has 0 unspecified atom stereocenters. The van der Waals surface area contributed by atoms with Gasteiger partial charge in [0.2, 0.25) is 0 Å². The topological polar surface area (TPSA) is 47.9 Å². The number of rotatable bonds is 6. The van der Waals surface area contributed by atoms with E-state index in [1.165, 1.54) is 0 Å². The van der Waals surface area contributed by atoms with Crippen LogP contribution < -0.4 is 0 Å². The minimum Gasteiger partial charge on any atom is -0.398 e. The molecule has 86 valence electrons. The molecule has 0 spiro atoms.